The molecule has 17 rings (SSSR count). The van der Waals surface area contributed by atoms with Gasteiger partial charge in [0.25, 0.3) is 6.71 Å². The first-order valence-corrected chi connectivity index (χ1v) is 35.1. The van der Waals surface area contributed by atoms with Crippen molar-refractivity contribution in [2.45, 2.75) is 105 Å². The smallest absolute Gasteiger partial charge is 0.252 e. The second-order valence-corrected chi connectivity index (χ2v) is 31.7. The summed E-state index contributed by atoms with van der Waals surface area (Å²) in [6, 6.07) is 103. The summed E-state index contributed by atoms with van der Waals surface area (Å²) in [5, 5.41) is 4.41. The topological polar surface area (TPSA) is 32.8 Å². The lowest BCUT2D eigenvalue weighted by molar-refractivity contribution is 0.568. The summed E-state index contributed by atoms with van der Waals surface area (Å²) in [5.41, 5.74) is 33.1. The predicted molar refractivity (Wildman–Crippen MR) is 422 cm³/mol. The van der Waals surface area contributed by atoms with E-state index in [2.05, 4.69) is 366 Å². The van der Waals surface area contributed by atoms with Gasteiger partial charge in [-0.3, -0.25) is 0 Å². The molecule has 2 aromatic heterocycles. The van der Waals surface area contributed by atoms with Crippen LogP contribution in [0.25, 0.3) is 111 Å². The van der Waals surface area contributed by atoms with Gasteiger partial charge in [0.2, 0.25) is 0 Å². The molecule has 13 aromatic carbocycles. The van der Waals surface area contributed by atoms with E-state index in [0.29, 0.717) is 0 Å². The third kappa shape index (κ3) is 10.5. The quantitative estimate of drug-likeness (QED) is 0.142. The first kappa shape index (κ1) is 61.7. The highest BCUT2D eigenvalue weighted by atomic mass is 16.3. The van der Waals surface area contributed by atoms with Gasteiger partial charge < -0.3 is 18.6 Å². The van der Waals surface area contributed by atoms with Crippen LogP contribution in [0.15, 0.2) is 282 Å². The highest BCUT2D eigenvalue weighted by molar-refractivity contribution is 7.00. The Bertz CT molecular complexity index is 5360. The highest BCUT2D eigenvalue weighted by Gasteiger charge is 2.45. The minimum Gasteiger partial charge on any atom is -0.456 e. The van der Waals surface area contributed by atoms with Gasteiger partial charge in [-0.2, -0.15) is 0 Å². The first-order chi connectivity index (χ1) is 47.6. The van der Waals surface area contributed by atoms with Crippen molar-refractivity contribution in [3.8, 4) is 66.8 Å². The largest absolute Gasteiger partial charge is 0.456 e. The molecule has 0 atom stereocenters. The Labute approximate surface area is 582 Å². The Morgan fingerprint density at radius 3 is 0.919 bits per heavy atom. The second kappa shape index (κ2) is 22.9. The molecule has 482 valence electrons. The van der Waals surface area contributed by atoms with E-state index in [0.717, 1.165) is 100 Å². The van der Waals surface area contributed by atoms with Gasteiger partial charge in [0, 0.05) is 55.4 Å². The number of nitrogens with zero attached hydrogens (tertiary/aromatic N) is 2. The zero-order valence-corrected chi connectivity index (χ0v) is 58.8. The Morgan fingerprint density at radius 2 is 0.535 bits per heavy atom. The highest BCUT2D eigenvalue weighted by Crippen LogP contribution is 2.51. The van der Waals surface area contributed by atoms with E-state index in [4.69, 9.17) is 8.83 Å². The second-order valence-electron chi connectivity index (χ2n) is 31.7. The maximum absolute atomic E-state index is 6.48. The summed E-state index contributed by atoms with van der Waals surface area (Å²) >= 11 is 0. The number of fused-ring (bicyclic) bond motifs is 10. The van der Waals surface area contributed by atoms with Crippen molar-refractivity contribution in [2.24, 2.45) is 0 Å². The molecule has 15 aromatic rings. The van der Waals surface area contributed by atoms with E-state index in [1.54, 1.807) is 0 Å². The van der Waals surface area contributed by atoms with Gasteiger partial charge in [-0.05, 0) is 189 Å². The van der Waals surface area contributed by atoms with Crippen LogP contribution >= 0.6 is 0 Å². The van der Waals surface area contributed by atoms with Crippen molar-refractivity contribution >= 4 is 101 Å². The molecule has 2 aliphatic heterocycles. The number of furan rings is 2. The molecule has 0 fully saturated rings. The number of hydrogen-bond donors (Lipinski definition) is 0. The molecule has 5 heteroatoms. The summed E-state index contributed by atoms with van der Waals surface area (Å²) in [5.74, 6) is 0. The fraction of sp³-hybridized carbons (Fsp3) is 0.170. The van der Waals surface area contributed by atoms with E-state index >= 15 is 0 Å². The zero-order valence-electron chi connectivity index (χ0n) is 58.8. The molecular weight excluding hydrogens is 1200 g/mol. The number of hydrogen-bond acceptors (Lipinski definition) is 4. The van der Waals surface area contributed by atoms with Gasteiger partial charge in [0.15, 0.2) is 0 Å². The van der Waals surface area contributed by atoms with Crippen molar-refractivity contribution in [2.75, 3.05) is 9.80 Å². The van der Waals surface area contributed by atoms with Gasteiger partial charge >= 0.3 is 0 Å². The SMILES string of the molecule is CC(C)(C)c1cc(-c2ccccc2-c2ccc3c(c2)B2c4cc(-c5ccccc5-c5cc(C(C)(C)C)cc(C(C)(C)C)c5)ccc4N(c4ccccc4-c4ccc5oc6ccccc6c5c4)c4cccc(c42)N3c2ccccc2-c2ccc3oc4ccccc4c3c2)cc(C(C)(C)C)c1. The molecule has 0 saturated carbocycles. The monoisotopic (exact) mass is 1280 g/mol. The van der Waals surface area contributed by atoms with Gasteiger partial charge in [-0.1, -0.05) is 283 Å². The van der Waals surface area contributed by atoms with Gasteiger partial charge in [-0.15, -0.1) is 0 Å². The molecule has 0 spiro atoms. The van der Waals surface area contributed by atoms with E-state index in [1.165, 1.54) is 83.1 Å². The lowest BCUT2D eigenvalue weighted by Crippen LogP contribution is -2.61. The molecule has 4 nitrogen and oxygen atoms in total. The van der Waals surface area contributed by atoms with Crippen LogP contribution in [-0.4, -0.2) is 6.71 Å². The van der Waals surface area contributed by atoms with Crippen molar-refractivity contribution in [1.29, 1.82) is 0 Å². The Morgan fingerprint density at radius 1 is 0.232 bits per heavy atom. The Kier molecular flexibility index (Phi) is 14.2. The molecule has 0 saturated heterocycles. The van der Waals surface area contributed by atoms with E-state index < -0.39 is 0 Å². The molecule has 2 aliphatic rings. The van der Waals surface area contributed by atoms with Crippen LogP contribution in [-0.2, 0) is 21.7 Å². The van der Waals surface area contributed by atoms with E-state index in [-0.39, 0.29) is 28.4 Å². The Hall–Kier alpha value is -10.9. The summed E-state index contributed by atoms with van der Waals surface area (Å²) < 4.78 is 13.0. The third-order valence-electron chi connectivity index (χ3n) is 21.1. The number of para-hydroxylation sites is 4. The lowest BCUT2D eigenvalue weighted by atomic mass is 9.33. The number of benzene rings is 13. The van der Waals surface area contributed by atoms with Crippen LogP contribution in [0.2, 0.25) is 0 Å². The van der Waals surface area contributed by atoms with E-state index in [1.807, 2.05) is 0 Å². The maximum Gasteiger partial charge on any atom is 0.252 e. The van der Waals surface area contributed by atoms with Crippen LogP contribution < -0.4 is 26.2 Å². The summed E-state index contributed by atoms with van der Waals surface area (Å²) in [4.78, 5) is 5.16. The molecule has 0 unspecified atom stereocenters. The fourth-order valence-corrected chi connectivity index (χ4v) is 15.7. The van der Waals surface area contributed by atoms with Gasteiger partial charge in [0.1, 0.15) is 22.3 Å². The molecular formula is C94H81BN2O2. The molecule has 4 heterocycles. The molecule has 0 aliphatic carbocycles. The molecule has 99 heavy (non-hydrogen) atoms. The first-order valence-electron chi connectivity index (χ1n) is 35.1. The van der Waals surface area contributed by atoms with Crippen LogP contribution in [0.3, 0.4) is 0 Å². The minimum absolute atomic E-state index is 0.0596. The maximum atomic E-state index is 6.48. The minimum atomic E-state index is -0.219. The molecule has 0 N–H and O–H groups in total. The molecule has 0 amide bonds. The van der Waals surface area contributed by atoms with Crippen molar-refractivity contribution in [1.82, 2.24) is 0 Å². The normalized spacial score (nSPS) is 13.2. The standard InChI is InChI=1S/C94H81BN2O2/c1-91(2,3)64-48-62(49-65(56-64)92(4,5)6)70-28-15-13-26-68(70)60-40-44-82-78(54-60)95-79-55-61(69-27-14-16-29-71(69)63-50-66(93(7,8)9)57-67(51-63)94(10,11)12)41-45-83(79)97(81-35-22-18-31-73(81)59-43-47-89-77(53-59)75-33-20-24-39-87(75)99-89)85-37-25-36-84(90(85)95)96(82)80-34-21-17-30-72(80)58-42-46-88-76(52-58)74-32-19-23-38-86(74)98-88/h13-57H,1-12H3. The van der Waals surface area contributed by atoms with Crippen molar-refractivity contribution < 1.29 is 8.83 Å². The van der Waals surface area contributed by atoms with Crippen LogP contribution in [0.1, 0.15) is 105 Å². The summed E-state index contributed by atoms with van der Waals surface area (Å²) in [7, 11) is 0. The zero-order chi connectivity index (χ0) is 68.0. The van der Waals surface area contributed by atoms with Gasteiger partial charge in [-0.25, -0.2) is 0 Å². The van der Waals surface area contributed by atoms with Crippen molar-refractivity contribution in [3.05, 3.63) is 295 Å². The van der Waals surface area contributed by atoms with Crippen LogP contribution in [0, 0.1) is 0 Å². The summed E-state index contributed by atoms with van der Waals surface area (Å²) in [6.07, 6.45) is 0. The van der Waals surface area contributed by atoms with E-state index in [9.17, 15) is 0 Å². The number of anilines is 6. The average molecular weight is 1280 g/mol. The van der Waals surface area contributed by atoms with Crippen LogP contribution in [0.5, 0.6) is 0 Å². The lowest BCUT2D eigenvalue weighted by Gasteiger charge is -2.45. The van der Waals surface area contributed by atoms with Crippen LogP contribution in [0.4, 0.5) is 34.1 Å². The Balaban J connectivity index is 0.945. The molecule has 0 bridgehead atoms. The molecule has 0 radical (unpaired) electrons. The summed E-state index contributed by atoms with van der Waals surface area (Å²) in [6.45, 7) is 27.8. The van der Waals surface area contributed by atoms with Gasteiger partial charge in [0.05, 0.1) is 11.4 Å². The van der Waals surface area contributed by atoms with Crippen molar-refractivity contribution in [3.63, 3.8) is 0 Å². The fourth-order valence-electron chi connectivity index (χ4n) is 15.7. The predicted octanol–water partition coefficient (Wildman–Crippen LogP) is 24.8. The third-order valence-corrected chi connectivity index (χ3v) is 21.1. The average Bonchev–Trinajstić information content (AvgIpc) is 1.07. The number of rotatable bonds is 8.